The van der Waals surface area contributed by atoms with Gasteiger partial charge in [0.05, 0.1) is 16.7 Å². The van der Waals surface area contributed by atoms with E-state index >= 15 is 0 Å². The number of aromatic nitrogens is 2. The van der Waals surface area contributed by atoms with E-state index in [1.54, 1.807) is 53.4 Å². The van der Waals surface area contributed by atoms with Gasteiger partial charge in [-0.15, -0.1) is 10.2 Å². The van der Waals surface area contributed by atoms with Crippen LogP contribution in [-0.2, 0) is 16.1 Å². The molecule has 1 aliphatic carbocycles. The minimum Gasteiger partial charge on any atom is -0.490 e. The number of halogens is 1. The van der Waals surface area contributed by atoms with E-state index in [0.717, 1.165) is 32.5 Å². The Morgan fingerprint density at radius 2 is 1.75 bits per heavy atom. The van der Waals surface area contributed by atoms with Gasteiger partial charge in [0.25, 0.3) is 17.7 Å². The molecule has 4 aliphatic heterocycles. The minimum absolute atomic E-state index is 0.126. The molecule has 57 heavy (non-hydrogen) atoms. The molecular weight excluding hydrogens is 752 g/mol. The number of nitriles is 1. The zero-order chi connectivity index (χ0) is 40.0. The van der Waals surface area contributed by atoms with E-state index in [9.17, 15) is 29.4 Å². The number of primary amides is 1. The Morgan fingerprint density at radius 1 is 1.00 bits per heavy atom. The van der Waals surface area contributed by atoms with Crippen molar-refractivity contribution < 1.29 is 34.1 Å². The lowest BCUT2D eigenvalue weighted by Gasteiger charge is -2.50. The molecule has 4 fully saturated rings. The van der Waals surface area contributed by atoms with Crippen molar-refractivity contribution in [2.75, 3.05) is 37.6 Å². The predicted molar refractivity (Wildman–Crippen MR) is 206 cm³/mol. The smallest absolute Gasteiger partial charge is 0.269 e. The zero-order valence-corrected chi connectivity index (χ0v) is 32.2. The first kappa shape index (κ1) is 38.7. The number of carbonyl (C=O) groups excluding carboxylic acids is 4. The average Bonchev–Trinajstić information content (AvgIpc) is 3.52. The topological polar surface area (TPSA) is 207 Å². The minimum atomic E-state index is -1.34. The second-order valence-corrected chi connectivity index (χ2v) is 16.5. The molecule has 0 unspecified atom stereocenters. The highest BCUT2D eigenvalue weighted by atomic mass is 35.5. The maximum absolute atomic E-state index is 14.0. The summed E-state index contributed by atoms with van der Waals surface area (Å²) in [6, 6.07) is 14.3. The lowest BCUT2D eigenvalue weighted by molar-refractivity contribution is -0.170. The van der Waals surface area contributed by atoms with Crippen LogP contribution in [0.1, 0.15) is 95.0 Å². The normalized spacial score (nSPS) is 24.5. The monoisotopic (exact) mass is 796 g/mol. The number of aliphatic hydroxyl groups excluding tert-OH is 1. The molecule has 298 valence electrons. The molecule has 2 atom stereocenters. The first-order chi connectivity index (χ1) is 27.4. The van der Waals surface area contributed by atoms with Gasteiger partial charge in [0.2, 0.25) is 5.91 Å². The largest absolute Gasteiger partial charge is 0.490 e. The van der Waals surface area contributed by atoms with Gasteiger partial charge in [-0.2, -0.15) is 5.26 Å². The Kier molecular flexibility index (Phi) is 10.6. The number of piperidine rings is 2. The van der Waals surface area contributed by atoms with E-state index in [2.05, 4.69) is 20.0 Å². The van der Waals surface area contributed by atoms with Gasteiger partial charge in [0, 0.05) is 63.4 Å². The number of hydrogen-bond acceptors (Lipinski definition) is 12. The van der Waals surface area contributed by atoms with Crippen molar-refractivity contribution in [2.45, 2.75) is 87.8 Å². The molecule has 3 saturated heterocycles. The second kappa shape index (κ2) is 15.7. The molecule has 16 heteroatoms. The third kappa shape index (κ3) is 7.66. The van der Waals surface area contributed by atoms with Crippen LogP contribution in [0, 0.1) is 17.2 Å². The number of imide groups is 1. The lowest BCUT2D eigenvalue weighted by atomic mass is 9.82. The van der Waals surface area contributed by atoms with Crippen LogP contribution in [0.3, 0.4) is 0 Å². The van der Waals surface area contributed by atoms with Gasteiger partial charge in [-0.05, 0) is 92.3 Å². The maximum Gasteiger partial charge on any atom is 0.269 e. The molecule has 5 heterocycles. The van der Waals surface area contributed by atoms with Crippen LogP contribution in [0.2, 0.25) is 5.02 Å². The number of carbonyl (C=O) groups is 4. The zero-order valence-electron chi connectivity index (χ0n) is 31.4. The summed E-state index contributed by atoms with van der Waals surface area (Å²) in [4.78, 5) is 59.3. The number of anilines is 1. The van der Waals surface area contributed by atoms with E-state index in [1.165, 1.54) is 4.90 Å². The van der Waals surface area contributed by atoms with Crippen LogP contribution in [0.15, 0.2) is 48.5 Å². The van der Waals surface area contributed by atoms with E-state index in [-0.39, 0.29) is 54.9 Å². The summed E-state index contributed by atoms with van der Waals surface area (Å²) >= 11 is 6.17. The highest BCUT2D eigenvalue weighted by Gasteiger charge is 2.49. The Balaban J connectivity index is 0.832. The number of ether oxygens (including phenoxy) is 1. The highest BCUT2D eigenvalue weighted by Crippen LogP contribution is 2.39. The Morgan fingerprint density at radius 3 is 2.42 bits per heavy atom. The van der Waals surface area contributed by atoms with Crippen LogP contribution in [0.5, 0.6) is 5.75 Å². The van der Waals surface area contributed by atoms with Gasteiger partial charge >= 0.3 is 0 Å². The van der Waals surface area contributed by atoms with E-state index in [0.29, 0.717) is 83.5 Å². The Labute approximate surface area is 334 Å². The summed E-state index contributed by atoms with van der Waals surface area (Å²) in [5.41, 5.74) is 6.07. The van der Waals surface area contributed by atoms with Crippen molar-refractivity contribution in [3.05, 3.63) is 81.5 Å². The molecule has 8 rings (SSSR count). The predicted octanol–water partition coefficient (Wildman–Crippen LogP) is 2.96. The fourth-order valence-electron chi connectivity index (χ4n) is 9.19. The number of benzene rings is 2. The third-order valence-electron chi connectivity index (χ3n) is 12.3. The molecule has 1 saturated carbocycles. The van der Waals surface area contributed by atoms with Crippen molar-refractivity contribution in [3.8, 4) is 11.8 Å². The van der Waals surface area contributed by atoms with Crippen LogP contribution >= 0.6 is 11.6 Å². The number of fused-ring (bicyclic) bond motifs is 1. The average molecular weight is 797 g/mol. The Bertz CT molecular complexity index is 2110. The summed E-state index contributed by atoms with van der Waals surface area (Å²) in [7, 11) is 0. The van der Waals surface area contributed by atoms with Gasteiger partial charge in [-0.1, -0.05) is 23.7 Å². The number of rotatable bonds is 10. The fraction of sp³-hybridized carbons (Fsp3) is 0.488. The fourth-order valence-corrected chi connectivity index (χ4v) is 9.41. The highest BCUT2D eigenvalue weighted by molar-refractivity contribution is 6.31. The number of hydrogen-bond donors (Lipinski definition) is 3. The summed E-state index contributed by atoms with van der Waals surface area (Å²) in [6.07, 6.45) is 3.35. The van der Waals surface area contributed by atoms with Crippen LogP contribution < -0.4 is 15.4 Å². The second-order valence-electron chi connectivity index (χ2n) is 16.1. The number of β-amino-alcohol motifs (C(OH)–C–C–N with tert-alkyl or cyclic N) is 1. The molecule has 15 nitrogen and oxygen atoms in total. The van der Waals surface area contributed by atoms with Gasteiger partial charge in [0.15, 0.2) is 11.5 Å². The van der Waals surface area contributed by atoms with Gasteiger partial charge in [0.1, 0.15) is 29.6 Å². The molecular formula is C41H45ClN8O7. The first-order valence-electron chi connectivity index (χ1n) is 19.6. The summed E-state index contributed by atoms with van der Waals surface area (Å²) in [6.45, 7) is 3.17. The number of nitrogens with two attached hydrogens (primary N) is 1. The van der Waals surface area contributed by atoms with Crippen molar-refractivity contribution >= 4 is 41.0 Å². The third-order valence-corrected chi connectivity index (χ3v) is 12.6. The van der Waals surface area contributed by atoms with Gasteiger partial charge in [-0.25, -0.2) is 0 Å². The number of amides is 4. The van der Waals surface area contributed by atoms with Gasteiger partial charge in [-0.3, -0.25) is 29.0 Å². The van der Waals surface area contributed by atoms with E-state index in [4.69, 9.17) is 27.3 Å². The molecule has 0 radical (unpaired) electrons. The first-order valence-corrected chi connectivity index (χ1v) is 20.0. The molecule has 4 amide bonds. The van der Waals surface area contributed by atoms with Crippen molar-refractivity contribution in [1.82, 2.24) is 24.9 Å². The summed E-state index contributed by atoms with van der Waals surface area (Å²) in [5, 5.41) is 40.3. The quantitative estimate of drug-likeness (QED) is 0.253. The summed E-state index contributed by atoms with van der Waals surface area (Å²) < 4.78 is 6.11. The number of nitrogens with zero attached hydrogens (tertiary/aromatic N) is 7. The van der Waals surface area contributed by atoms with Crippen molar-refractivity contribution in [1.29, 1.82) is 5.26 Å². The molecule has 0 bridgehead atoms. The van der Waals surface area contributed by atoms with Crippen LogP contribution in [-0.4, -0.2) is 115 Å². The Hall–Kier alpha value is -5.14. The molecule has 4 N–H and O–H groups in total. The maximum atomic E-state index is 14.0. The standard InChI is InChI=1S/C41H45ClN8O7/c42-32-18-30(5-1-26(32)19-43)57-29-6-3-28(4-7-29)50-36(51)12-10-34(40(50)55)49-21-27-17-25(2-8-31(27)39(49)54)37(52)41(56)22-47(23-41)20-24-13-15-48(16-14-24)35-11-9-33(38(44)53)45-46-35/h1-2,5,8-9,11,17-18,24,28-29,34,37,52,56H,3-4,6-7,10,12-16,20-23H2,(H2,44,53)/t28?,29?,34-,37-/m0/s1. The van der Waals surface area contributed by atoms with Crippen LogP contribution in [0.25, 0.3) is 0 Å². The van der Waals surface area contributed by atoms with Crippen molar-refractivity contribution in [2.24, 2.45) is 11.7 Å². The lowest BCUT2D eigenvalue weighted by Crippen LogP contribution is -2.65. The summed E-state index contributed by atoms with van der Waals surface area (Å²) in [5.74, 6) is 0.185. The SMILES string of the molecule is N#Cc1ccc(OC2CCC(N3C(=O)CC[C@H](N4Cc5cc([C@H](O)C6(O)CN(CC7CCN(c8ccc(C(N)=O)nn8)CC7)C6)ccc5C4=O)C3=O)CC2)cc1Cl. The van der Waals surface area contributed by atoms with Crippen molar-refractivity contribution in [3.63, 3.8) is 0 Å². The number of aliphatic hydroxyl groups is 2. The van der Waals surface area contributed by atoms with Gasteiger partial charge < -0.3 is 30.5 Å². The van der Waals surface area contributed by atoms with E-state index in [1.807, 2.05) is 6.07 Å². The molecule has 3 aromatic rings. The van der Waals surface area contributed by atoms with E-state index < -0.39 is 23.7 Å². The number of likely N-dealkylation sites (tertiary alicyclic amines) is 2. The molecule has 1 aromatic heterocycles. The molecule has 2 aromatic carbocycles. The van der Waals surface area contributed by atoms with Crippen LogP contribution in [0.4, 0.5) is 5.82 Å². The molecule has 5 aliphatic rings. The molecule has 0 spiro atoms.